The number of phenolic OH excluding ortho intramolecular Hbond substituents is 1. The average molecular weight is 1930 g/mol. The number of aliphatic carboxylic acids is 1. The monoisotopic (exact) mass is 1920 g/mol. The molecule has 24 N–H and O–H groups in total. The normalized spacial score (nSPS) is 24.6. The number of hydrogen-bond acceptors (Lipinski definition) is 25. The van der Waals surface area contributed by atoms with Gasteiger partial charge in [-0.3, -0.25) is 91.1 Å². The lowest BCUT2D eigenvalue weighted by atomic mass is 9.90. The van der Waals surface area contributed by atoms with Crippen molar-refractivity contribution in [2.45, 2.75) is 228 Å². The van der Waals surface area contributed by atoms with Crippen LogP contribution in [0.3, 0.4) is 0 Å². The number of aromatic nitrogens is 4. The van der Waals surface area contributed by atoms with Gasteiger partial charge in [-0.05, 0) is 99.4 Å². The number of para-hydroxylation sites is 2. The molecule has 0 saturated carbocycles. The second-order valence-electron chi connectivity index (χ2n) is 34.6. The molecule has 0 radical (unpaired) electrons. The van der Waals surface area contributed by atoms with Gasteiger partial charge >= 0.3 is 5.97 Å². The zero-order chi connectivity index (χ0) is 100. The van der Waals surface area contributed by atoms with Crippen LogP contribution < -0.4 is 76.5 Å². The van der Waals surface area contributed by atoms with Crippen molar-refractivity contribution in [3.05, 3.63) is 120 Å². The Balaban J connectivity index is 1.11. The van der Waals surface area contributed by atoms with E-state index in [9.17, 15) is 72.9 Å². The number of primary amides is 3. The number of amides is 17. The summed E-state index contributed by atoms with van der Waals surface area (Å²) in [6, 6.07) is -1.64. The summed E-state index contributed by atoms with van der Waals surface area (Å²) in [6.07, 6.45) is 1.13. The SMILES string of the molecule is CCCC[C@H]1C(=O)N(C)[C@@H](CCCC)C(=O)N[C@@H](CN)C(=O)N[C@H](C(=O)NCC(N)=O)CSCC(=O)N[C@@H](Cc2ccc(O)cc2)C(=O)N(C)[C@@H](C)C(=O)N[C@@H](CC(N)=O)C(=O)N2CCC[C@H]2C(=O)N[C@@H](Cc2c[nH]cn2)C(=O)N[C@@H](CCC(N)=O)C(=O)N2C[C@H](O)C[C@H]2C(=O)C[C@@H](Cc2c[nH]c3ccccc23)C(=O)N[C@@H](CCN)C(=O)N[C@@H](Cc2cn(CC(=O)O)c3ccccc23)C(=O)N1C. The Morgan fingerprint density at radius 2 is 1.18 bits per heavy atom. The number of unbranched alkanes of at least 4 members (excludes halogenated alkanes) is 2. The van der Waals surface area contributed by atoms with Crippen molar-refractivity contribution in [3.63, 3.8) is 0 Å². The molecular formula is C91H125N23O22S. The number of nitrogens with zero attached hydrogens (tertiary/aromatic N) is 7. The molecule has 3 fully saturated rings. The average Bonchev–Trinajstić information content (AvgIpc) is 1.63. The number of fused-ring (bicyclic) bond motifs is 4. The number of carbonyl (C=O) groups is 19. The van der Waals surface area contributed by atoms with Gasteiger partial charge in [0.1, 0.15) is 84.8 Å². The number of likely N-dealkylation sites (N-methyl/N-ethyl adjacent to an activating group) is 3. The van der Waals surface area contributed by atoms with Crippen LogP contribution in [-0.2, 0) is 123 Å². The molecule has 3 aliphatic heterocycles. The lowest BCUT2D eigenvalue weighted by Gasteiger charge is -2.36. The number of nitrogens with two attached hydrogens (primary N) is 5. The number of aromatic hydroxyl groups is 1. The number of Topliss-reactive ketones (excluding diaryl/α,β-unsaturated/α-hetero) is 1. The summed E-state index contributed by atoms with van der Waals surface area (Å²) in [4.78, 5) is 291. The van der Waals surface area contributed by atoms with Gasteiger partial charge in [-0.15, -0.1) is 11.8 Å². The Kier molecular flexibility index (Phi) is 39.5. The predicted molar refractivity (Wildman–Crippen MR) is 498 cm³/mol. The molecule has 3 aromatic heterocycles. The molecule has 45 nitrogen and oxygen atoms in total. The minimum absolute atomic E-state index is 0.0458. The van der Waals surface area contributed by atoms with Crippen molar-refractivity contribution in [1.82, 2.24) is 91.9 Å². The summed E-state index contributed by atoms with van der Waals surface area (Å²) in [5.41, 5.74) is 31.7. The van der Waals surface area contributed by atoms with Gasteiger partial charge < -0.3 is 131 Å². The van der Waals surface area contributed by atoms with Crippen LogP contribution in [0.5, 0.6) is 5.75 Å². The van der Waals surface area contributed by atoms with Crippen LogP contribution in [0.1, 0.15) is 133 Å². The maximum absolute atomic E-state index is 15.9. The number of carboxylic acids is 1. The fourth-order valence-electron chi connectivity index (χ4n) is 17.1. The third kappa shape index (κ3) is 29.3. The number of ketones is 1. The number of benzene rings is 3. The number of H-pyrrole nitrogens is 2. The molecular weight excluding hydrogens is 1800 g/mol. The maximum Gasteiger partial charge on any atom is 0.323 e. The maximum atomic E-state index is 15.9. The van der Waals surface area contributed by atoms with Crippen molar-refractivity contribution < 1.29 is 106 Å². The summed E-state index contributed by atoms with van der Waals surface area (Å²) >= 11 is 0.739. The van der Waals surface area contributed by atoms with Crippen molar-refractivity contribution >= 4 is 146 Å². The van der Waals surface area contributed by atoms with Crippen LogP contribution in [-0.4, -0.2) is 322 Å². The Bertz CT molecular complexity index is 5360. The number of rotatable bonds is 27. The number of aliphatic hydroxyl groups is 1. The highest BCUT2D eigenvalue weighted by Crippen LogP contribution is 2.31. The van der Waals surface area contributed by atoms with E-state index in [0.717, 1.165) is 36.3 Å². The first-order valence-electron chi connectivity index (χ1n) is 45.5. The Morgan fingerprint density at radius 3 is 1.84 bits per heavy atom. The van der Waals surface area contributed by atoms with E-state index in [1.165, 1.54) is 75.6 Å². The molecule has 9 rings (SSSR count). The van der Waals surface area contributed by atoms with E-state index >= 15 is 33.6 Å². The third-order valence-corrected chi connectivity index (χ3v) is 25.6. The molecule has 137 heavy (non-hydrogen) atoms. The fourth-order valence-corrected chi connectivity index (χ4v) is 17.9. The van der Waals surface area contributed by atoms with E-state index in [1.54, 1.807) is 54.7 Å². The summed E-state index contributed by atoms with van der Waals surface area (Å²) in [6.45, 7) is 1.98. The van der Waals surface area contributed by atoms with Gasteiger partial charge in [0.05, 0.1) is 42.9 Å². The van der Waals surface area contributed by atoms with Crippen LogP contribution in [0.2, 0.25) is 0 Å². The molecule has 0 unspecified atom stereocenters. The van der Waals surface area contributed by atoms with E-state index < -0.39 is 285 Å². The first kappa shape index (κ1) is 107. The molecule has 3 saturated heterocycles. The molecule has 46 heteroatoms. The van der Waals surface area contributed by atoms with Gasteiger partial charge in [0.25, 0.3) is 0 Å². The molecule has 742 valence electrons. The molecule has 3 aromatic carbocycles. The highest BCUT2D eigenvalue weighted by atomic mass is 32.2. The van der Waals surface area contributed by atoms with Gasteiger partial charge in [-0.1, -0.05) is 88.1 Å². The van der Waals surface area contributed by atoms with Crippen LogP contribution in [0.4, 0.5) is 0 Å². The lowest BCUT2D eigenvalue weighted by Crippen LogP contribution is -2.61. The van der Waals surface area contributed by atoms with E-state index in [0.29, 0.717) is 64.2 Å². The largest absolute Gasteiger partial charge is 0.508 e. The molecule has 6 aromatic rings. The number of hydrogen-bond donors (Lipinski definition) is 19. The number of thioether (sulfide) groups is 1. The first-order valence-corrected chi connectivity index (χ1v) is 46.6. The molecule has 0 aliphatic carbocycles. The van der Waals surface area contributed by atoms with Crippen molar-refractivity contribution in [2.75, 3.05) is 65.4 Å². The quantitative estimate of drug-likeness (QED) is 0.0234. The van der Waals surface area contributed by atoms with Crippen molar-refractivity contribution in [1.29, 1.82) is 0 Å². The number of imidazole rings is 1. The van der Waals surface area contributed by atoms with Crippen molar-refractivity contribution in [2.24, 2.45) is 34.6 Å². The van der Waals surface area contributed by atoms with Gasteiger partial charge in [-0.2, -0.15) is 0 Å². The Labute approximate surface area is 793 Å². The Morgan fingerprint density at radius 1 is 0.569 bits per heavy atom. The number of carbonyl (C=O) groups excluding carboxylic acids is 18. The minimum Gasteiger partial charge on any atom is -0.508 e. The van der Waals surface area contributed by atoms with Gasteiger partial charge in [0.15, 0.2) is 5.78 Å². The number of carboxylic acid groups (broad SMARTS) is 1. The fraction of sp³-hybridized carbons (Fsp3) is 0.516. The van der Waals surface area contributed by atoms with E-state index in [1.807, 2.05) is 13.8 Å². The summed E-state index contributed by atoms with van der Waals surface area (Å²) in [5, 5.41) is 56.3. The minimum atomic E-state index is -1.82. The second-order valence-corrected chi connectivity index (χ2v) is 35.7. The van der Waals surface area contributed by atoms with Crippen LogP contribution >= 0.6 is 11.8 Å². The van der Waals surface area contributed by atoms with Gasteiger partial charge in [0, 0.05) is 131 Å². The zero-order valence-electron chi connectivity index (χ0n) is 77.3. The summed E-state index contributed by atoms with van der Waals surface area (Å²) in [5.74, 6) is -21.2. The molecule has 15 atom stereocenters. The van der Waals surface area contributed by atoms with Crippen LogP contribution in [0, 0.1) is 5.92 Å². The topological polar surface area (TPSA) is 689 Å². The zero-order valence-corrected chi connectivity index (χ0v) is 78.1. The van der Waals surface area contributed by atoms with Crippen LogP contribution in [0.15, 0.2) is 97.7 Å². The molecule has 0 bridgehead atoms. The number of phenols is 1. The van der Waals surface area contributed by atoms with Gasteiger partial charge in [-0.25, -0.2) is 4.98 Å². The molecule has 0 spiro atoms. The summed E-state index contributed by atoms with van der Waals surface area (Å²) in [7, 11) is 3.82. The van der Waals surface area contributed by atoms with Gasteiger partial charge in [0.2, 0.25) is 100 Å². The number of aromatic amines is 2. The van der Waals surface area contributed by atoms with E-state index in [4.69, 9.17) is 28.7 Å². The Hall–Kier alpha value is -13.9. The lowest BCUT2D eigenvalue weighted by molar-refractivity contribution is -0.149. The van der Waals surface area contributed by atoms with Crippen molar-refractivity contribution in [3.8, 4) is 5.75 Å². The molecule has 17 amide bonds. The predicted octanol–water partition coefficient (Wildman–Crippen LogP) is -4.01. The number of aliphatic hydroxyl groups excluding tert-OH is 1. The van der Waals surface area contributed by atoms with E-state index in [2.05, 4.69) is 62.8 Å². The summed E-state index contributed by atoms with van der Waals surface area (Å²) < 4.78 is 1.42. The first-order chi connectivity index (χ1) is 65.2. The smallest absolute Gasteiger partial charge is 0.323 e. The van der Waals surface area contributed by atoms with Crippen LogP contribution in [0.25, 0.3) is 21.8 Å². The number of nitrogens with one attached hydrogen (secondary N) is 11. The highest BCUT2D eigenvalue weighted by Gasteiger charge is 2.47. The second kappa shape index (κ2) is 50.6. The molecule has 6 heterocycles. The van der Waals surface area contributed by atoms with E-state index in [-0.39, 0.29) is 69.5 Å². The standard InChI is InChI=1S/C91H125N23O22S/c1-7-9-19-69-85(130)107-66(39-93)84(129)108-67(81(126)99-42-76(96)120)46-137-47-77(121)101-63(32-50-23-25-55(115)26-24-50)87(132)109(4)49(3)79(124)105-65(38-75(95)119)90(135)113-31-15-22-70(113)86(131)104-62(36-54-41-97-48-100-54)83(128)103-61(27-28-74(94)118)89(134)114-44-56(116)37-72(114)73(117)35-51(33-52-40-98-59-18-13-11-16-57(52)59)80(125)102-60(29-30-92)82(127)106-64(88(133)111(6)71(20-10-8-2)91(136)110(69)5)34-53-43-112(45-78(122)123)68-21-14-12-17-58(53)68/h11-14,16-18,21,23-26,40-41,43,48-49,51,56,60-67,69-72,98,115-116H,7-10,15,19-20,22,27-39,42,44-47,92-93H2,1-6H3,(H2,94,118)(H2,95,119)(H2,96,120)(H,97,100)(H,99,126)(H,101,121)(H,102,125)(H,103,128)(H,104,131)(H,105,124)(H,106,127)(H,107,130)(H,108,129)(H,122,123)/t49-,51+,56+,60-,61-,62-,63-,64-,65-,66-,67-,69-,70-,71-,72-/m0/s1. The third-order valence-electron chi connectivity index (χ3n) is 24.6. The molecule has 3 aliphatic rings. The highest BCUT2D eigenvalue weighted by molar-refractivity contribution is 8.00.